The zero-order valence-electron chi connectivity index (χ0n) is 12.9. The molecule has 0 aliphatic heterocycles. The van der Waals surface area contributed by atoms with E-state index in [0.29, 0.717) is 6.79 Å². The number of allylic oxidation sites excluding steroid dienone is 2. The van der Waals surface area contributed by atoms with Gasteiger partial charge in [-0.25, -0.2) is 0 Å². The highest BCUT2D eigenvalue weighted by molar-refractivity contribution is 6.76. The maximum Gasteiger partial charge on any atom is 0.244 e. The van der Waals surface area contributed by atoms with Crippen molar-refractivity contribution in [3.63, 3.8) is 0 Å². The number of unbranched alkanes of at least 4 members (excludes halogenated alkanes) is 1. The van der Waals surface area contributed by atoms with E-state index in [1.807, 2.05) is 0 Å². The Balaban J connectivity index is 3.62. The number of ether oxygens (including phenoxy) is 2. The summed E-state index contributed by atoms with van der Waals surface area (Å²) in [6.45, 7) is 11.8. The molecule has 0 aliphatic carbocycles. The van der Waals surface area contributed by atoms with Gasteiger partial charge in [-0.05, 0) is 43.0 Å². The molecule has 116 valence electrons. The van der Waals surface area contributed by atoms with E-state index in [0.717, 1.165) is 31.9 Å². The molecule has 0 unspecified atom stereocenters. The Morgan fingerprint density at radius 2 is 2.10 bits per heavy atom. The molecule has 0 spiro atoms. The molecule has 0 aromatic heterocycles. The monoisotopic (exact) mass is 318 g/mol. The van der Waals surface area contributed by atoms with Gasteiger partial charge in [0.2, 0.25) is 5.24 Å². The molecule has 0 aromatic rings. The van der Waals surface area contributed by atoms with Crippen LogP contribution in [-0.2, 0) is 14.3 Å². The Hall–Kier alpha value is -0.423. The van der Waals surface area contributed by atoms with Crippen molar-refractivity contribution in [1.82, 2.24) is 0 Å². The van der Waals surface area contributed by atoms with Crippen molar-refractivity contribution < 1.29 is 14.3 Å². The second kappa shape index (κ2) is 11.3. The summed E-state index contributed by atoms with van der Waals surface area (Å²) < 4.78 is 11.1. The van der Waals surface area contributed by atoms with Crippen LogP contribution in [0.25, 0.3) is 0 Å². The molecular formula is C15H27ClO3Si. The maximum atomic E-state index is 10.5. The van der Waals surface area contributed by atoms with Gasteiger partial charge in [0.1, 0.15) is 6.79 Å². The Morgan fingerprint density at radius 1 is 1.40 bits per heavy atom. The number of hydrogen-bond acceptors (Lipinski definition) is 3. The van der Waals surface area contributed by atoms with Crippen LogP contribution in [0.5, 0.6) is 0 Å². The van der Waals surface area contributed by atoms with Crippen molar-refractivity contribution in [1.29, 1.82) is 0 Å². The van der Waals surface area contributed by atoms with E-state index < -0.39 is 13.3 Å². The first-order valence-electron chi connectivity index (χ1n) is 7.03. The minimum Gasteiger partial charge on any atom is -0.356 e. The Morgan fingerprint density at radius 3 is 2.65 bits per heavy atom. The van der Waals surface area contributed by atoms with Crippen molar-refractivity contribution >= 4 is 24.9 Å². The lowest BCUT2D eigenvalue weighted by Crippen LogP contribution is -2.22. The average Bonchev–Trinajstić information content (AvgIpc) is 2.33. The van der Waals surface area contributed by atoms with Crippen LogP contribution in [0.1, 0.15) is 19.3 Å². The van der Waals surface area contributed by atoms with E-state index in [-0.39, 0.29) is 6.10 Å². The van der Waals surface area contributed by atoms with Crippen molar-refractivity contribution in [2.75, 3.05) is 13.4 Å². The molecule has 0 aromatic carbocycles. The highest BCUT2D eigenvalue weighted by Crippen LogP contribution is 2.09. The summed E-state index contributed by atoms with van der Waals surface area (Å²) in [6.07, 6.45) is 7.54. The van der Waals surface area contributed by atoms with Crippen molar-refractivity contribution in [2.24, 2.45) is 0 Å². The highest BCUT2D eigenvalue weighted by Gasteiger charge is 2.12. The van der Waals surface area contributed by atoms with Crippen LogP contribution in [0, 0.1) is 0 Å². The first-order chi connectivity index (χ1) is 9.35. The Bertz CT molecular complexity index is 311. The zero-order chi connectivity index (χ0) is 15.4. The summed E-state index contributed by atoms with van der Waals surface area (Å²) >= 11 is 5.20. The molecule has 0 saturated carbocycles. The van der Waals surface area contributed by atoms with Crippen LogP contribution < -0.4 is 0 Å². The number of carbonyl (C=O) groups is 1. The molecule has 0 amide bonds. The zero-order valence-corrected chi connectivity index (χ0v) is 14.6. The molecule has 0 N–H and O–H groups in total. The fourth-order valence-electron chi connectivity index (χ4n) is 1.45. The molecule has 0 fully saturated rings. The van der Waals surface area contributed by atoms with Gasteiger partial charge in [-0.15, -0.1) is 6.58 Å². The second-order valence-corrected chi connectivity index (χ2v) is 11.9. The topological polar surface area (TPSA) is 35.5 Å². The summed E-state index contributed by atoms with van der Waals surface area (Å²) in [4.78, 5) is 10.5. The summed E-state index contributed by atoms with van der Waals surface area (Å²) in [6, 6.07) is 1.15. The number of hydrogen-bond donors (Lipinski definition) is 0. The SMILES string of the molecule is C=C[C@@H](CCC/C=C/C(=O)Cl)OCOCC[Si](C)(C)C. The predicted molar refractivity (Wildman–Crippen MR) is 87.9 cm³/mol. The molecule has 0 rings (SSSR count). The highest BCUT2D eigenvalue weighted by atomic mass is 35.5. The fourth-order valence-corrected chi connectivity index (χ4v) is 2.30. The van der Waals surface area contributed by atoms with E-state index in [1.165, 1.54) is 6.08 Å². The lowest BCUT2D eigenvalue weighted by Gasteiger charge is -2.17. The van der Waals surface area contributed by atoms with Crippen molar-refractivity contribution in [3.05, 3.63) is 24.8 Å². The quantitative estimate of drug-likeness (QED) is 0.134. The van der Waals surface area contributed by atoms with Gasteiger partial charge in [-0.3, -0.25) is 4.79 Å². The summed E-state index contributed by atoms with van der Waals surface area (Å²) in [7, 11) is -1.03. The molecule has 20 heavy (non-hydrogen) atoms. The normalized spacial score (nSPS) is 13.6. The second-order valence-electron chi connectivity index (χ2n) is 5.91. The average molecular weight is 319 g/mol. The summed E-state index contributed by atoms with van der Waals surface area (Å²) in [5.41, 5.74) is 0. The van der Waals surface area contributed by atoms with Crippen molar-refractivity contribution in [2.45, 2.75) is 51.1 Å². The minimum atomic E-state index is -1.03. The molecule has 0 heterocycles. The molecule has 3 nitrogen and oxygen atoms in total. The van der Waals surface area contributed by atoms with Gasteiger partial charge >= 0.3 is 0 Å². The molecule has 0 aliphatic rings. The third-order valence-corrected chi connectivity index (χ3v) is 4.56. The third kappa shape index (κ3) is 14.0. The van der Waals surface area contributed by atoms with Gasteiger partial charge in [-0.1, -0.05) is 31.8 Å². The number of carbonyl (C=O) groups excluding carboxylic acids is 1. The van der Waals surface area contributed by atoms with E-state index >= 15 is 0 Å². The molecule has 0 saturated heterocycles. The molecule has 5 heteroatoms. The van der Waals surface area contributed by atoms with Crippen LogP contribution in [0.2, 0.25) is 25.7 Å². The Labute approximate surface area is 129 Å². The van der Waals surface area contributed by atoms with E-state index in [4.69, 9.17) is 21.1 Å². The van der Waals surface area contributed by atoms with Gasteiger partial charge in [-0.2, -0.15) is 0 Å². The largest absolute Gasteiger partial charge is 0.356 e. The van der Waals surface area contributed by atoms with Gasteiger partial charge in [0, 0.05) is 14.7 Å². The standard InChI is InChI=1S/C15H27ClO3Si/c1-5-14(9-7-6-8-10-15(16)17)19-13-18-11-12-20(2,3)4/h5,8,10,14H,1,6-7,9,11-13H2,2-4H3/b10-8+/t14-/m0/s1. The Kier molecular flexibility index (Phi) is 11.0. The van der Waals surface area contributed by atoms with E-state index in [1.54, 1.807) is 12.2 Å². The summed E-state index contributed by atoms with van der Waals surface area (Å²) in [5, 5.41) is -0.433. The van der Waals surface area contributed by atoms with Gasteiger partial charge < -0.3 is 9.47 Å². The smallest absolute Gasteiger partial charge is 0.244 e. The van der Waals surface area contributed by atoms with Crippen LogP contribution in [0.4, 0.5) is 0 Å². The predicted octanol–water partition coefficient (Wildman–Crippen LogP) is 4.36. The molecule has 1 atom stereocenters. The van der Waals surface area contributed by atoms with E-state index in [9.17, 15) is 4.79 Å². The van der Waals surface area contributed by atoms with Crippen LogP contribution in [0.15, 0.2) is 24.8 Å². The molecule has 0 radical (unpaired) electrons. The maximum absolute atomic E-state index is 10.5. The van der Waals surface area contributed by atoms with Crippen LogP contribution in [-0.4, -0.2) is 32.8 Å². The number of halogens is 1. The van der Waals surface area contributed by atoms with E-state index in [2.05, 4.69) is 26.2 Å². The van der Waals surface area contributed by atoms with Crippen molar-refractivity contribution in [3.8, 4) is 0 Å². The first-order valence-corrected chi connectivity index (χ1v) is 11.1. The fraction of sp³-hybridized carbons (Fsp3) is 0.667. The summed E-state index contributed by atoms with van der Waals surface area (Å²) in [5.74, 6) is 0. The third-order valence-electron chi connectivity index (χ3n) is 2.73. The molecule has 0 bridgehead atoms. The van der Waals surface area contributed by atoms with Gasteiger partial charge in [0.15, 0.2) is 0 Å². The lowest BCUT2D eigenvalue weighted by molar-refractivity contribution is -0.107. The van der Waals surface area contributed by atoms with Gasteiger partial charge in [0.05, 0.1) is 6.10 Å². The van der Waals surface area contributed by atoms with Gasteiger partial charge in [0.25, 0.3) is 0 Å². The van der Waals surface area contributed by atoms with Crippen LogP contribution in [0.3, 0.4) is 0 Å². The lowest BCUT2D eigenvalue weighted by atomic mass is 10.1. The van der Waals surface area contributed by atoms with Crippen LogP contribution >= 0.6 is 11.6 Å². The first kappa shape index (κ1) is 19.6. The minimum absolute atomic E-state index is 0.00184. The number of rotatable bonds is 12. The molecular weight excluding hydrogens is 292 g/mol.